The number of rotatable bonds is 3. The van der Waals surface area contributed by atoms with Crippen LogP contribution in [0.4, 0.5) is 0 Å². The maximum atomic E-state index is 12.1. The zero-order valence-corrected chi connectivity index (χ0v) is 11.9. The summed E-state index contributed by atoms with van der Waals surface area (Å²) in [6, 6.07) is 0. The van der Waals surface area contributed by atoms with Crippen LogP contribution in [-0.4, -0.2) is 22.3 Å². The Labute approximate surface area is 108 Å². The first-order valence-electron chi connectivity index (χ1n) is 6.13. The summed E-state index contributed by atoms with van der Waals surface area (Å²) in [5.41, 5.74) is 1.93. The fourth-order valence-corrected chi connectivity index (χ4v) is 2.01. The monoisotopic (exact) mass is 251 g/mol. The highest BCUT2D eigenvalue weighted by Gasteiger charge is 2.25. The minimum absolute atomic E-state index is 0.0320. The quantitative estimate of drug-likeness (QED) is 0.663. The van der Waals surface area contributed by atoms with Crippen molar-refractivity contribution in [2.75, 3.05) is 0 Å². The Morgan fingerprint density at radius 1 is 1.28 bits per heavy atom. The number of Topliss-reactive ketones (excluding diaryl/α,β-unsaturated/α-hetero) is 1. The van der Waals surface area contributed by atoms with Gasteiger partial charge in [0.15, 0.2) is 5.78 Å². The third kappa shape index (κ3) is 3.00. The van der Waals surface area contributed by atoms with Crippen LogP contribution in [0.25, 0.3) is 0 Å². The second-order valence-corrected chi connectivity index (χ2v) is 5.39. The summed E-state index contributed by atoms with van der Waals surface area (Å²) in [6.45, 7) is 10.7. The number of aryl methyl sites for hydroxylation is 1. The highest BCUT2D eigenvalue weighted by Crippen LogP contribution is 2.22. The summed E-state index contributed by atoms with van der Waals surface area (Å²) in [4.78, 5) is 26.6. The van der Waals surface area contributed by atoms with E-state index >= 15 is 0 Å². The standard InChI is InChI=1S/C14H21NO3/c1-7-10-11(9(3)16)8(2)15-12(10)13(17)18-14(4,5)6/h15H,7H2,1-6H3. The smallest absolute Gasteiger partial charge is 0.355 e. The van der Waals surface area contributed by atoms with E-state index in [2.05, 4.69) is 4.98 Å². The van der Waals surface area contributed by atoms with Crippen molar-refractivity contribution < 1.29 is 14.3 Å². The topological polar surface area (TPSA) is 59.2 Å². The van der Waals surface area contributed by atoms with E-state index in [1.807, 2.05) is 27.7 Å². The molecule has 0 aromatic carbocycles. The number of ketones is 1. The molecule has 1 N–H and O–H groups in total. The van der Waals surface area contributed by atoms with Gasteiger partial charge in [-0.15, -0.1) is 0 Å². The average molecular weight is 251 g/mol. The fraction of sp³-hybridized carbons (Fsp3) is 0.571. The Morgan fingerprint density at radius 3 is 2.22 bits per heavy atom. The van der Waals surface area contributed by atoms with E-state index in [4.69, 9.17) is 4.74 Å². The summed E-state index contributed by atoms with van der Waals surface area (Å²) < 4.78 is 5.33. The molecular weight excluding hydrogens is 230 g/mol. The van der Waals surface area contributed by atoms with Gasteiger partial charge in [-0.3, -0.25) is 4.79 Å². The summed E-state index contributed by atoms with van der Waals surface area (Å²) in [6.07, 6.45) is 0.619. The van der Waals surface area contributed by atoms with Crippen molar-refractivity contribution in [2.45, 2.75) is 53.6 Å². The predicted molar refractivity (Wildman–Crippen MR) is 70.1 cm³/mol. The number of aromatic amines is 1. The first-order valence-corrected chi connectivity index (χ1v) is 6.13. The number of hydrogen-bond acceptors (Lipinski definition) is 3. The Kier molecular flexibility index (Phi) is 3.99. The zero-order chi connectivity index (χ0) is 14.1. The molecule has 0 atom stereocenters. The van der Waals surface area contributed by atoms with Gasteiger partial charge in [0.1, 0.15) is 11.3 Å². The Hall–Kier alpha value is -1.58. The van der Waals surface area contributed by atoms with Crippen LogP contribution in [0.15, 0.2) is 0 Å². The zero-order valence-electron chi connectivity index (χ0n) is 11.9. The molecule has 4 nitrogen and oxygen atoms in total. The fourth-order valence-electron chi connectivity index (χ4n) is 2.01. The van der Waals surface area contributed by atoms with Crippen molar-refractivity contribution in [1.82, 2.24) is 4.98 Å². The highest BCUT2D eigenvalue weighted by molar-refractivity contribution is 6.01. The molecule has 0 unspecified atom stereocenters. The van der Waals surface area contributed by atoms with Gasteiger partial charge in [-0.25, -0.2) is 4.79 Å². The van der Waals surface area contributed by atoms with Gasteiger partial charge < -0.3 is 9.72 Å². The van der Waals surface area contributed by atoms with Crippen LogP contribution < -0.4 is 0 Å². The molecule has 0 aliphatic heterocycles. The van der Waals surface area contributed by atoms with Gasteiger partial charge in [0.2, 0.25) is 0 Å². The van der Waals surface area contributed by atoms with Gasteiger partial charge in [0.25, 0.3) is 0 Å². The third-order valence-electron chi connectivity index (χ3n) is 2.60. The molecule has 0 saturated heterocycles. The molecule has 1 heterocycles. The molecule has 0 aliphatic rings. The molecule has 0 amide bonds. The van der Waals surface area contributed by atoms with E-state index in [9.17, 15) is 9.59 Å². The molecule has 0 spiro atoms. The van der Waals surface area contributed by atoms with Crippen LogP contribution in [0, 0.1) is 6.92 Å². The van der Waals surface area contributed by atoms with Crippen LogP contribution in [-0.2, 0) is 11.2 Å². The average Bonchev–Trinajstić information content (AvgIpc) is 2.52. The summed E-state index contributed by atoms with van der Waals surface area (Å²) >= 11 is 0. The van der Waals surface area contributed by atoms with Crippen LogP contribution in [0.3, 0.4) is 0 Å². The summed E-state index contributed by atoms with van der Waals surface area (Å²) in [5.74, 6) is -0.439. The molecule has 0 bridgehead atoms. The van der Waals surface area contributed by atoms with Gasteiger partial charge >= 0.3 is 5.97 Å². The lowest BCUT2D eigenvalue weighted by atomic mass is 10.0. The molecule has 0 fully saturated rings. The van der Waals surface area contributed by atoms with Crippen LogP contribution in [0.2, 0.25) is 0 Å². The normalized spacial score (nSPS) is 11.4. The predicted octanol–water partition coefficient (Wildman–Crippen LogP) is 3.04. The molecule has 1 aromatic rings. The molecule has 0 saturated carbocycles. The van der Waals surface area contributed by atoms with Crippen molar-refractivity contribution in [3.8, 4) is 0 Å². The summed E-state index contributed by atoms with van der Waals surface area (Å²) in [5, 5.41) is 0. The number of hydrogen-bond donors (Lipinski definition) is 1. The maximum Gasteiger partial charge on any atom is 0.355 e. The third-order valence-corrected chi connectivity index (χ3v) is 2.60. The van der Waals surface area contributed by atoms with E-state index in [1.165, 1.54) is 6.92 Å². The Balaban J connectivity index is 3.22. The van der Waals surface area contributed by atoms with Crippen molar-refractivity contribution in [1.29, 1.82) is 0 Å². The molecule has 18 heavy (non-hydrogen) atoms. The first kappa shape index (κ1) is 14.5. The van der Waals surface area contributed by atoms with E-state index in [-0.39, 0.29) is 5.78 Å². The number of aromatic nitrogens is 1. The second kappa shape index (κ2) is 4.96. The summed E-state index contributed by atoms with van der Waals surface area (Å²) in [7, 11) is 0. The van der Waals surface area contributed by atoms with Gasteiger partial charge in [-0.1, -0.05) is 6.92 Å². The van der Waals surface area contributed by atoms with Crippen molar-refractivity contribution in [3.05, 3.63) is 22.5 Å². The molecule has 0 radical (unpaired) electrons. The molecular formula is C14H21NO3. The minimum Gasteiger partial charge on any atom is -0.455 e. The number of esters is 1. The van der Waals surface area contributed by atoms with Crippen LogP contribution >= 0.6 is 0 Å². The molecule has 1 rings (SSSR count). The van der Waals surface area contributed by atoms with Gasteiger partial charge in [0, 0.05) is 11.3 Å². The van der Waals surface area contributed by atoms with Crippen LogP contribution in [0.5, 0.6) is 0 Å². The number of nitrogens with one attached hydrogen (secondary N) is 1. The van der Waals surface area contributed by atoms with Gasteiger partial charge in [0.05, 0.1) is 0 Å². The van der Waals surface area contributed by atoms with Gasteiger partial charge in [-0.05, 0) is 46.6 Å². The number of H-pyrrole nitrogens is 1. The van der Waals surface area contributed by atoms with E-state index in [0.29, 0.717) is 17.7 Å². The highest BCUT2D eigenvalue weighted by atomic mass is 16.6. The van der Waals surface area contributed by atoms with E-state index in [0.717, 1.165) is 11.3 Å². The lowest BCUT2D eigenvalue weighted by molar-refractivity contribution is 0.00622. The largest absolute Gasteiger partial charge is 0.455 e. The van der Waals surface area contributed by atoms with Gasteiger partial charge in [-0.2, -0.15) is 0 Å². The maximum absolute atomic E-state index is 12.1. The van der Waals surface area contributed by atoms with E-state index in [1.54, 1.807) is 6.92 Å². The molecule has 1 aromatic heterocycles. The second-order valence-electron chi connectivity index (χ2n) is 5.39. The minimum atomic E-state index is -0.544. The number of ether oxygens (including phenoxy) is 1. The SMILES string of the molecule is CCc1c(C(=O)OC(C)(C)C)[nH]c(C)c1C(C)=O. The molecule has 4 heteroatoms. The number of carbonyl (C=O) groups excluding carboxylic acids is 2. The van der Waals surface area contributed by atoms with Crippen molar-refractivity contribution in [3.63, 3.8) is 0 Å². The van der Waals surface area contributed by atoms with Crippen molar-refractivity contribution in [2.24, 2.45) is 0 Å². The molecule has 0 aliphatic carbocycles. The lowest BCUT2D eigenvalue weighted by Crippen LogP contribution is -2.24. The Bertz CT molecular complexity index is 478. The Morgan fingerprint density at radius 2 is 1.83 bits per heavy atom. The first-order chi connectivity index (χ1) is 8.17. The van der Waals surface area contributed by atoms with Crippen molar-refractivity contribution >= 4 is 11.8 Å². The van der Waals surface area contributed by atoms with E-state index < -0.39 is 11.6 Å². The lowest BCUT2D eigenvalue weighted by Gasteiger charge is -2.19. The number of carbonyl (C=O) groups is 2. The van der Waals surface area contributed by atoms with Crippen LogP contribution in [0.1, 0.15) is 66.7 Å². The molecule has 100 valence electrons.